The first kappa shape index (κ1) is 27.4. The van der Waals surface area contributed by atoms with E-state index < -0.39 is 6.16 Å². The molecule has 1 aliphatic carbocycles. The zero-order valence-electron chi connectivity index (χ0n) is 22.4. The number of amides is 1. The van der Waals surface area contributed by atoms with Crippen molar-refractivity contribution in [3.05, 3.63) is 69.1 Å². The number of nitrogens with one attached hydrogen (secondary N) is 1. The molecule has 0 radical (unpaired) electrons. The van der Waals surface area contributed by atoms with Crippen molar-refractivity contribution in [2.45, 2.75) is 59.3 Å². The zero-order valence-corrected chi connectivity index (χ0v) is 23.2. The molecule has 4 rings (SSSR count). The molecule has 1 aromatic heterocycles. The fourth-order valence-electron chi connectivity index (χ4n) is 4.69. The Balaban J connectivity index is 1.66. The number of ether oxygens (including phenoxy) is 3. The molecule has 0 aliphatic heterocycles. The second-order valence-corrected chi connectivity index (χ2v) is 10.5. The Morgan fingerprint density at radius 3 is 2.45 bits per heavy atom. The van der Waals surface area contributed by atoms with Crippen molar-refractivity contribution < 1.29 is 23.8 Å². The molecule has 200 valence electrons. The third-order valence-corrected chi connectivity index (χ3v) is 7.53. The van der Waals surface area contributed by atoms with E-state index in [1.807, 2.05) is 26.0 Å². The smallest absolute Gasteiger partial charge is 0.493 e. The second-order valence-electron chi connectivity index (χ2n) is 9.38. The van der Waals surface area contributed by atoms with Gasteiger partial charge in [0.15, 0.2) is 11.5 Å². The summed E-state index contributed by atoms with van der Waals surface area (Å²) in [6, 6.07) is 11.2. The Labute approximate surface area is 227 Å². The molecule has 1 amide bonds. The third kappa shape index (κ3) is 6.81. The van der Waals surface area contributed by atoms with E-state index in [2.05, 4.69) is 11.4 Å². The average Bonchev–Trinajstić information content (AvgIpc) is 3.19. The number of carbonyl (C=O) groups is 2. The Kier molecular flexibility index (Phi) is 9.18. The van der Waals surface area contributed by atoms with Gasteiger partial charge in [-0.2, -0.15) is 0 Å². The summed E-state index contributed by atoms with van der Waals surface area (Å²) >= 11 is 1.60. The summed E-state index contributed by atoms with van der Waals surface area (Å²) in [7, 11) is 1.50. The predicted molar refractivity (Wildman–Crippen MR) is 152 cm³/mol. The minimum Gasteiger partial charge on any atom is -0.493 e. The molecule has 0 atom stereocenters. The molecular weight excluding hydrogens is 500 g/mol. The van der Waals surface area contributed by atoms with Crippen LogP contribution in [0.3, 0.4) is 0 Å². The number of methoxy groups -OCH3 is 1. The van der Waals surface area contributed by atoms with Gasteiger partial charge in [0.1, 0.15) is 5.00 Å². The lowest BCUT2D eigenvalue weighted by atomic mass is 9.96. The van der Waals surface area contributed by atoms with Crippen molar-refractivity contribution in [3.63, 3.8) is 0 Å². The van der Waals surface area contributed by atoms with Crippen molar-refractivity contribution in [1.82, 2.24) is 0 Å². The molecule has 0 saturated carbocycles. The number of nitrogens with zero attached hydrogens (tertiary/aromatic N) is 1. The second kappa shape index (κ2) is 12.7. The van der Waals surface area contributed by atoms with Gasteiger partial charge < -0.3 is 19.5 Å². The molecule has 0 bridgehead atoms. The van der Waals surface area contributed by atoms with Gasteiger partial charge in [0.05, 0.1) is 19.3 Å². The number of fused-ring (bicyclic) bond motifs is 1. The molecule has 0 fully saturated rings. The van der Waals surface area contributed by atoms with Crippen LogP contribution >= 0.6 is 11.3 Å². The largest absolute Gasteiger partial charge is 0.513 e. The maximum Gasteiger partial charge on any atom is 0.513 e. The Morgan fingerprint density at radius 1 is 1.00 bits per heavy atom. The minimum absolute atomic E-state index is 0.129. The monoisotopic (exact) mass is 534 g/mol. The van der Waals surface area contributed by atoms with Gasteiger partial charge >= 0.3 is 6.16 Å². The third-order valence-electron chi connectivity index (χ3n) is 6.33. The van der Waals surface area contributed by atoms with Gasteiger partial charge in [-0.15, -0.1) is 11.3 Å². The normalized spacial score (nSPS) is 13.4. The van der Waals surface area contributed by atoms with Crippen LogP contribution in [-0.2, 0) is 17.6 Å². The van der Waals surface area contributed by atoms with Crippen molar-refractivity contribution in [1.29, 1.82) is 0 Å². The van der Waals surface area contributed by atoms with E-state index in [0.29, 0.717) is 16.3 Å². The van der Waals surface area contributed by atoms with Crippen LogP contribution in [0.1, 0.15) is 70.1 Å². The predicted octanol–water partition coefficient (Wildman–Crippen LogP) is 7.57. The van der Waals surface area contributed by atoms with Crippen LogP contribution < -0.4 is 14.8 Å². The number of benzene rings is 2. The molecule has 3 aromatic rings. The topological polar surface area (TPSA) is 86.2 Å². The number of aliphatic imine (C=N–C) groups is 1. The van der Waals surface area contributed by atoms with Crippen LogP contribution in [0.2, 0.25) is 0 Å². The maximum atomic E-state index is 13.6. The molecular formula is C30H34N2O5S. The van der Waals surface area contributed by atoms with Crippen molar-refractivity contribution in [2.24, 2.45) is 4.99 Å². The van der Waals surface area contributed by atoms with E-state index in [9.17, 15) is 9.59 Å². The van der Waals surface area contributed by atoms with Gasteiger partial charge in [-0.05, 0) is 99.0 Å². The van der Waals surface area contributed by atoms with Crippen LogP contribution in [-0.4, -0.2) is 32.0 Å². The summed E-state index contributed by atoms with van der Waals surface area (Å²) in [4.78, 5) is 31.4. The quantitative estimate of drug-likeness (QED) is 0.192. The summed E-state index contributed by atoms with van der Waals surface area (Å²) in [5.41, 5.74) is 5.53. The SMILES string of the molecule is CCOC(=O)Oc1ccc(C=Nc2sc3c(c2C(=O)Nc2cc(C)cc(C)c2)CCCCCC3)cc1OC. The molecule has 0 spiro atoms. The number of aryl methyl sites for hydroxylation is 3. The van der Waals surface area contributed by atoms with E-state index in [1.54, 1.807) is 42.7 Å². The number of hydrogen-bond acceptors (Lipinski definition) is 7. The standard InChI is InChI=1S/C30H34N2O5S/c1-5-36-30(34)37-24-13-12-21(17-25(24)35-4)18-31-29-27(23-10-8-6-7-9-11-26(23)38-29)28(33)32-22-15-19(2)14-20(3)16-22/h12-18H,5-11H2,1-4H3,(H,32,33). The number of anilines is 1. The van der Waals surface area contributed by atoms with E-state index in [-0.39, 0.29) is 18.3 Å². The Bertz CT molecular complexity index is 1320. The maximum absolute atomic E-state index is 13.6. The molecule has 2 aromatic carbocycles. The first-order chi connectivity index (χ1) is 18.4. The van der Waals surface area contributed by atoms with Crippen LogP contribution in [0, 0.1) is 13.8 Å². The number of thiophene rings is 1. The molecule has 8 heteroatoms. The van der Waals surface area contributed by atoms with E-state index in [0.717, 1.165) is 53.6 Å². The highest BCUT2D eigenvalue weighted by atomic mass is 32.1. The van der Waals surface area contributed by atoms with E-state index in [4.69, 9.17) is 19.2 Å². The van der Waals surface area contributed by atoms with Crippen molar-refractivity contribution >= 4 is 40.3 Å². The summed E-state index contributed by atoms with van der Waals surface area (Å²) in [5, 5.41) is 3.82. The van der Waals surface area contributed by atoms with Crippen LogP contribution in [0.15, 0.2) is 41.4 Å². The van der Waals surface area contributed by atoms with Crippen LogP contribution in [0.25, 0.3) is 0 Å². The fraction of sp³-hybridized carbons (Fsp3) is 0.367. The molecule has 1 N–H and O–H groups in total. The lowest BCUT2D eigenvalue weighted by Gasteiger charge is -2.12. The molecule has 7 nitrogen and oxygen atoms in total. The lowest BCUT2D eigenvalue weighted by Crippen LogP contribution is -2.14. The number of hydrogen-bond donors (Lipinski definition) is 1. The van der Waals surface area contributed by atoms with Gasteiger partial charge in [-0.3, -0.25) is 4.79 Å². The average molecular weight is 535 g/mol. The van der Waals surface area contributed by atoms with Crippen molar-refractivity contribution in [2.75, 3.05) is 19.0 Å². The summed E-state index contributed by atoms with van der Waals surface area (Å²) < 4.78 is 15.5. The molecule has 0 saturated heterocycles. The summed E-state index contributed by atoms with van der Waals surface area (Å²) in [6.07, 6.45) is 7.33. The highest BCUT2D eigenvalue weighted by Crippen LogP contribution is 2.39. The zero-order chi connectivity index (χ0) is 27.1. The van der Waals surface area contributed by atoms with Gasteiger partial charge in [0, 0.05) is 16.8 Å². The van der Waals surface area contributed by atoms with Crippen LogP contribution in [0.4, 0.5) is 15.5 Å². The van der Waals surface area contributed by atoms with Gasteiger partial charge in [-0.25, -0.2) is 9.79 Å². The minimum atomic E-state index is -0.789. The van der Waals surface area contributed by atoms with Crippen molar-refractivity contribution in [3.8, 4) is 11.5 Å². The Morgan fingerprint density at radius 2 is 1.74 bits per heavy atom. The summed E-state index contributed by atoms with van der Waals surface area (Å²) in [5.74, 6) is 0.514. The molecule has 1 heterocycles. The highest BCUT2D eigenvalue weighted by molar-refractivity contribution is 7.16. The summed E-state index contributed by atoms with van der Waals surface area (Å²) in [6.45, 7) is 5.97. The Hall–Kier alpha value is -3.65. The van der Waals surface area contributed by atoms with E-state index in [1.165, 1.54) is 24.8 Å². The molecule has 0 unspecified atom stereocenters. The van der Waals surface area contributed by atoms with Gasteiger partial charge in [0.2, 0.25) is 0 Å². The first-order valence-electron chi connectivity index (χ1n) is 13.0. The highest BCUT2D eigenvalue weighted by Gasteiger charge is 2.24. The van der Waals surface area contributed by atoms with Gasteiger partial charge in [0.25, 0.3) is 5.91 Å². The molecule has 1 aliphatic rings. The molecule has 38 heavy (non-hydrogen) atoms. The lowest BCUT2D eigenvalue weighted by molar-refractivity contribution is 0.102. The first-order valence-corrected chi connectivity index (χ1v) is 13.8. The van der Waals surface area contributed by atoms with Crippen LogP contribution in [0.5, 0.6) is 11.5 Å². The fourth-order valence-corrected chi connectivity index (χ4v) is 5.92. The van der Waals surface area contributed by atoms with E-state index >= 15 is 0 Å². The number of rotatable bonds is 7. The van der Waals surface area contributed by atoms with Gasteiger partial charge in [-0.1, -0.05) is 18.9 Å². The number of carbonyl (C=O) groups excluding carboxylic acids is 2.